The van der Waals surface area contributed by atoms with Crippen molar-refractivity contribution in [1.82, 2.24) is 19.6 Å². The van der Waals surface area contributed by atoms with Gasteiger partial charge in [-0.3, -0.25) is 0 Å². The van der Waals surface area contributed by atoms with Crippen molar-refractivity contribution in [2.24, 2.45) is 0 Å². The number of nitrogens with one attached hydrogen (secondary N) is 2. The average Bonchev–Trinajstić information content (AvgIpc) is 2.77. The lowest BCUT2D eigenvalue weighted by atomic mass is 10.3. The summed E-state index contributed by atoms with van der Waals surface area (Å²) in [6.07, 6.45) is 5.17. The molecule has 0 saturated carbocycles. The molecule has 0 aliphatic rings. The maximum absolute atomic E-state index is 12.1. The van der Waals surface area contributed by atoms with Crippen molar-refractivity contribution >= 4 is 10.0 Å². The van der Waals surface area contributed by atoms with E-state index in [1.54, 1.807) is 19.4 Å². The Morgan fingerprint density at radius 2 is 1.95 bits per heavy atom. The monoisotopic (exact) mass is 288 g/mol. The third-order valence-electron chi connectivity index (χ3n) is 2.75. The van der Waals surface area contributed by atoms with Crippen molar-refractivity contribution in [3.8, 4) is 0 Å². The van der Waals surface area contributed by atoms with Gasteiger partial charge in [-0.1, -0.05) is 13.8 Å². The van der Waals surface area contributed by atoms with E-state index in [1.807, 2.05) is 31.5 Å². The highest BCUT2D eigenvalue weighted by Crippen LogP contribution is 2.01. The largest absolute Gasteiger partial charge is 0.336 e. The van der Waals surface area contributed by atoms with Gasteiger partial charge in [0.25, 0.3) is 0 Å². The highest BCUT2D eigenvalue weighted by atomic mass is 32.2. The summed E-state index contributed by atoms with van der Waals surface area (Å²) >= 11 is 0. The van der Waals surface area contributed by atoms with Crippen LogP contribution in [-0.4, -0.2) is 41.8 Å². The summed E-state index contributed by atoms with van der Waals surface area (Å²) in [5.41, 5.74) is 0. The fraction of sp³-hybridized carbons (Fsp3) is 0.750. The summed E-state index contributed by atoms with van der Waals surface area (Å²) in [6.45, 7) is 8.57. The van der Waals surface area contributed by atoms with Crippen molar-refractivity contribution in [2.45, 2.75) is 51.6 Å². The molecule has 2 atom stereocenters. The fourth-order valence-electron chi connectivity index (χ4n) is 1.66. The lowest BCUT2D eigenvalue weighted by Gasteiger charge is -2.20. The van der Waals surface area contributed by atoms with Crippen LogP contribution in [0.25, 0.3) is 0 Å². The Balaban J connectivity index is 2.48. The highest BCUT2D eigenvalue weighted by Gasteiger charge is 2.22. The number of rotatable bonds is 8. The summed E-state index contributed by atoms with van der Waals surface area (Å²) in [4.78, 5) is 3.93. The van der Waals surface area contributed by atoms with Crippen molar-refractivity contribution in [3.63, 3.8) is 0 Å². The summed E-state index contributed by atoms with van der Waals surface area (Å²) in [5.74, 6) is 0. The van der Waals surface area contributed by atoms with Crippen LogP contribution in [0.4, 0.5) is 0 Å². The van der Waals surface area contributed by atoms with Crippen molar-refractivity contribution in [1.29, 1.82) is 0 Å². The molecule has 110 valence electrons. The van der Waals surface area contributed by atoms with Gasteiger partial charge in [0.2, 0.25) is 10.0 Å². The molecular formula is C12H24N4O2S. The second-order valence-corrected chi connectivity index (χ2v) is 7.33. The number of aromatic nitrogens is 2. The molecule has 19 heavy (non-hydrogen) atoms. The molecule has 0 fully saturated rings. The molecular weight excluding hydrogens is 264 g/mol. The van der Waals surface area contributed by atoms with Gasteiger partial charge in [-0.05, 0) is 13.8 Å². The number of nitrogens with zero attached hydrogens (tertiary/aromatic N) is 2. The average molecular weight is 288 g/mol. The fourth-order valence-corrected chi connectivity index (χ4v) is 2.84. The van der Waals surface area contributed by atoms with Crippen LogP contribution in [0, 0.1) is 0 Å². The zero-order chi connectivity index (χ0) is 14.5. The molecule has 1 heterocycles. The number of hydrogen-bond acceptors (Lipinski definition) is 4. The molecule has 0 spiro atoms. The summed E-state index contributed by atoms with van der Waals surface area (Å²) < 4.78 is 28.8. The van der Waals surface area contributed by atoms with Crippen molar-refractivity contribution < 1.29 is 8.42 Å². The predicted molar refractivity (Wildman–Crippen MR) is 76.3 cm³/mol. The minimum Gasteiger partial charge on any atom is -0.336 e. The molecule has 1 aromatic rings. The molecule has 0 aliphatic carbocycles. The van der Waals surface area contributed by atoms with Gasteiger partial charge in [0.05, 0.1) is 11.6 Å². The van der Waals surface area contributed by atoms with Crippen molar-refractivity contribution in [3.05, 3.63) is 18.7 Å². The summed E-state index contributed by atoms with van der Waals surface area (Å²) in [5, 5.41) is 2.68. The maximum atomic E-state index is 12.1. The Hall–Kier alpha value is -0.920. The minimum atomic E-state index is -3.30. The molecule has 0 bridgehead atoms. The van der Waals surface area contributed by atoms with Gasteiger partial charge in [-0.15, -0.1) is 0 Å². The summed E-state index contributed by atoms with van der Waals surface area (Å²) in [7, 11) is -3.30. The molecule has 6 nitrogen and oxygen atoms in total. The number of sulfonamides is 1. The molecule has 7 heteroatoms. The lowest BCUT2D eigenvalue weighted by Crippen LogP contribution is -2.44. The standard InChI is InChI=1S/C12H24N4O2S/c1-10(2)14-7-12(4)19(17,18)15-11(3)8-16-6-5-13-9-16/h5-6,9-12,14-15H,7-8H2,1-4H3. The molecule has 2 N–H and O–H groups in total. The Morgan fingerprint density at radius 1 is 1.26 bits per heavy atom. The normalized spacial score (nSPS) is 15.6. The van der Waals surface area contributed by atoms with Crippen LogP contribution in [0.2, 0.25) is 0 Å². The van der Waals surface area contributed by atoms with Crippen LogP contribution in [0.15, 0.2) is 18.7 Å². The van der Waals surface area contributed by atoms with Crippen LogP contribution in [0.1, 0.15) is 27.7 Å². The zero-order valence-electron chi connectivity index (χ0n) is 12.0. The van der Waals surface area contributed by atoms with Gasteiger partial charge >= 0.3 is 0 Å². The Bertz CT molecular complexity index is 456. The SMILES string of the molecule is CC(C)NCC(C)S(=O)(=O)NC(C)Cn1ccnc1. The molecule has 0 saturated heterocycles. The second kappa shape index (κ2) is 7.02. The van der Waals surface area contributed by atoms with Crippen LogP contribution in [0.5, 0.6) is 0 Å². The first-order valence-corrected chi connectivity index (χ1v) is 8.06. The van der Waals surface area contributed by atoms with Crippen LogP contribution in [0.3, 0.4) is 0 Å². The van der Waals surface area contributed by atoms with Gasteiger partial charge < -0.3 is 9.88 Å². The van der Waals surface area contributed by atoms with Crippen LogP contribution < -0.4 is 10.0 Å². The first-order valence-electron chi connectivity index (χ1n) is 6.51. The van der Waals surface area contributed by atoms with Gasteiger partial charge in [0, 0.05) is 37.6 Å². The Labute approximate surface area is 115 Å². The van der Waals surface area contributed by atoms with E-state index in [0.29, 0.717) is 13.1 Å². The molecule has 1 rings (SSSR count). The van der Waals surface area contributed by atoms with Crippen LogP contribution in [-0.2, 0) is 16.6 Å². The van der Waals surface area contributed by atoms with Gasteiger partial charge in [0.1, 0.15) is 0 Å². The van der Waals surface area contributed by atoms with Crippen LogP contribution >= 0.6 is 0 Å². The van der Waals surface area contributed by atoms with E-state index in [1.165, 1.54) is 0 Å². The third kappa shape index (κ3) is 5.71. The molecule has 0 aliphatic heterocycles. The smallest absolute Gasteiger partial charge is 0.215 e. The number of hydrogen-bond donors (Lipinski definition) is 2. The third-order valence-corrected chi connectivity index (χ3v) is 4.71. The quantitative estimate of drug-likeness (QED) is 0.733. The van der Waals surface area contributed by atoms with E-state index in [9.17, 15) is 8.42 Å². The van der Waals surface area contributed by atoms with E-state index >= 15 is 0 Å². The Morgan fingerprint density at radius 3 is 2.47 bits per heavy atom. The first kappa shape index (κ1) is 16.1. The molecule has 0 radical (unpaired) electrons. The minimum absolute atomic E-state index is 0.166. The molecule has 0 amide bonds. The maximum Gasteiger partial charge on any atom is 0.215 e. The van der Waals surface area contributed by atoms with Gasteiger partial charge in [-0.25, -0.2) is 18.1 Å². The van der Waals surface area contributed by atoms with Crippen molar-refractivity contribution in [2.75, 3.05) is 6.54 Å². The first-order chi connectivity index (χ1) is 8.81. The highest BCUT2D eigenvalue weighted by molar-refractivity contribution is 7.90. The molecule has 1 aromatic heterocycles. The van der Waals surface area contributed by atoms with E-state index < -0.39 is 15.3 Å². The predicted octanol–water partition coefficient (Wildman–Crippen LogP) is 0.578. The van der Waals surface area contributed by atoms with E-state index in [-0.39, 0.29) is 12.1 Å². The second-order valence-electron chi connectivity index (χ2n) is 5.20. The van der Waals surface area contributed by atoms with Gasteiger partial charge in [0.15, 0.2) is 0 Å². The van der Waals surface area contributed by atoms with E-state index in [4.69, 9.17) is 0 Å². The van der Waals surface area contributed by atoms with E-state index in [2.05, 4.69) is 15.0 Å². The molecule has 2 unspecified atom stereocenters. The Kier molecular flexibility index (Phi) is 5.96. The summed E-state index contributed by atoms with van der Waals surface area (Å²) in [6, 6.07) is 0.113. The van der Waals surface area contributed by atoms with Gasteiger partial charge in [-0.2, -0.15) is 0 Å². The topological polar surface area (TPSA) is 76.0 Å². The zero-order valence-corrected chi connectivity index (χ0v) is 12.8. The molecule has 0 aromatic carbocycles. The number of imidazole rings is 1. The van der Waals surface area contributed by atoms with E-state index in [0.717, 1.165) is 0 Å². The lowest BCUT2D eigenvalue weighted by molar-refractivity contribution is 0.504.